The molecule has 0 saturated carbocycles. The van der Waals surface area contributed by atoms with Gasteiger partial charge < -0.3 is 10.1 Å². The van der Waals surface area contributed by atoms with E-state index in [2.05, 4.69) is 41.0 Å². The van der Waals surface area contributed by atoms with E-state index in [-0.39, 0.29) is 11.1 Å². The summed E-state index contributed by atoms with van der Waals surface area (Å²) in [6.07, 6.45) is 0.770. The highest BCUT2D eigenvalue weighted by Crippen LogP contribution is 2.22. The molecule has 2 N–H and O–H groups in total. The van der Waals surface area contributed by atoms with Gasteiger partial charge in [0.1, 0.15) is 0 Å². The van der Waals surface area contributed by atoms with E-state index in [9.17, 15) is 9.59 Å². The van der Waals surface area contributed by atoms with Crippen LogP contribution in [-0.4, -0.2) is 23.1 Å². The smallest absolute Gasteiger partial charge is 0.288 e. The van der Waals surface area contributed by atoms with Crippen molar-refractivity contribution in [3.63, 3.8) is 0 Å². The largest absolute Gasteiger partial charge is 0.376 e. The number of hydrogen-bond donors (Lipinski definition) is 2. The normalized spacial score (nSPS) is 16.4. The van der Waals surface area contributed by atoms with Crippen LogP contribution in [0.25, 0.3) is 10.8 Å². The Morgan fingerprint density at radius 3 is 2.61 bits per heavy atom. The van der Waals surface area contributed by atoms with Gasteiger partial charge >= 0.3 is 0 Å². The molecule has 0 bridgehead atoms. The molecule has 3 aromatic carbocycles. The number of rotatable bonds is 7. The molecule has 1 unspecified atom stereocenters. The Morgan fingerprint density at radius 1 is 0.929 bits per heavy atom. The molecular weight excluding hydrogens is 372 g/mol. The summed E-state index contributed by atoms with van der Waals surface area (Å²) < 4.78 is 5.84. The van der Waals surface area contributed by atoms with Gasteiger partial charge in [-0.1, -0.05) is 48.5 Å². The van der Waals surface area contributed by atoms with Crippen molar-refractivity contribution in [3.8, 4) is 0 Å². The molecule has 1 heterocycles. The Hall–Kier alpha value is -2.83. The number of fused-ring (bicyclic) bond motifs is 1. The molecule has 1 saturated heterocycles. The molecule has 6 heteroatoms. The zero-order chi connectivity index (χ0) is 19.3. The molecule has 3 aromatic rings. The fourth-order valence-corrected chi connectivity index (χ4v) is 3.86. The minimum Gasteiger partial charge on any atom is -0.376 e. The van der Waals surface area contributed by atoms with Gasteiger partial charge in [0.15, 0.2) is 5.37 Å². The second-order valence-corrected chi connectivity index (χ2v) is 7.68. The Kier molecular flexibility index (Phi) is 5.60. The third-order valence-electron chi connectivity index (χ3n) is 4.53. The standard InChI is InChI=1S/C22H20N2O3S/c25-20-21(28-22(26)24-20)23-19-7-3-4-15(13-19)10-11-27-14-16-8-9-17-5-1-2-6-18(17)12-16/h1-9,12-13,21,23H,10-11,14H2,(H,24,25,26). The zero-order valence-corrected chi connectivity index (χ0v) is 16.0. The maximum Gasteiger partial charge on any atom is 0.288 e. The van der Waals surface area contributed by atoms with E-state index in [1.807, 2.05) is 36.4 Å². The van der Waals surface area contributed by atoms with Gasteiger partial charge in [-0.2, -0.15) is 0 Å². The predicted molar refractivity (Wildman–Crippen MR) is 112 cm³/mol. The first kappa shape index (κ1) is 18.5. The van der Waals surface area contributed by atoms with Crippen molar-refractivity contribution in [3.05, 3.63) is 77.9 Å². The molecule has 0 aromatic heterocycles. The van der Waals surface area contributed by atoms with Crippen molar-refractivity contribution in [1.29, 1.82) is 0 Å². The summed E-state index contributed by atoms with van der Waals surface area (Å²) in [6.45, 7) is 1.18. The molecule has 1 aliphatic rings. The number of amides is 2. The summed E-state index contributed by atoms with van der Waals surface area (Å²) in [6, 6.07) is 22.5. The number of carbonyl (C=O) groups excluding carboxylic acids is 2. The van der Waals surface area contributed by atoms with Crippen LogP contribution in [0.5, 0.6) is 0 Å². The van der Waals surface area contributed by atoms with Crippen molar-refractivity contribution in [1.82, 2.24) is 5.32 Å². The summed E-state index contributed by atoms with van der Waals surface area (Å²) >= 11 is 0.959. The Morgan fingerprint density at radius 2 is 1.79 bits per heavy atom. The van der Waals surface area contributed by atoms with E-state index in [0.29, 0.717) is 13.2 Å². The highest BCUT2D eigenvalue weighted by molar-refractivity contribution is 8.15. The van der Waals surface area contributed by atoms with Gasteiger partial charge in [-0.25, -0.2) is 0 Å². The molecular formula is C22H20N2O3S. The number of thioether (sulfide) groups is 1. The maximum atomic E-state index is 11.7. The lowest BCUT2D eigenvalue weighted by atomic mass is 10.1. The SMILES string of the molecule is O=C1NC(=O)C(Nc2cccc(CCOCc3ccc4ccccc4c3)c2)S1. The lowest BCUT2D eigenvalue weighted by Crippen LogP contribution is -2.29. The fraction of sp³-hybridized carbons (Fsp3) is 0.182. The maximum absolute atomic E-state index is 11.7. The predicted octanol–water partition coefficient (Wildman–Crippen LogP) is 4.32. The Bertz CT molecular complexity index is 1020. The Balaban J connectivity index is 1.28. The number of benzene rings is 3. The first-order valence-electron chi connectivity index (χ1n) is 9.10. The second kappa shape index (κ2) is 8.46. The third-order valence-corrected chi connectivity index (χ3v) is 5.41. The van der Waals surface area contributed by atoms with Crippen LogP contribution in [0.2, 0.25) is 0 Å². The van der Waals surface area contributed by atoms with Crippen molar-refractivity contribution < 1.29 is 14.3 Å². The van der Waals surface area contributed by atoms with Gasteiger partial charge in [0.25, 0.3) is 11.1 Å². The lowest BCUT2D eigenvalue weighted by Gasteiger charge is -2.11. The minimum absolute atomic E-state index is 0.306. The van der Waals surface area contributed by atoms with Crippen molar-refractivity contribution in [2.45, 2.75) is 18.4 Å². The van der Waals surface area contributed by atoms with Gasteiger partial charge in [-0.15, -0.1) is 0 Å². The summed E-state index contributed by atoms with van der Waals surface area (Å²) in [7, 11) is 0. The van der Waals surface area contributed by atoms with E-state index in [1.54, 1.807) is 0 Å². The molecule has 0 radical (unpaired) electrons. The third kappa shape index (κ3) is 4.52. The second-order valence-electron chi connectivity index (χ2n) is 6.60. The van der Waals surface area contributed by atoms with Crippen molar-refractivity contribution in [2.24, 2.45) is 0 Å². The highest BCUT2D eigenvalue weighted by atomic mass is 32.2. The van der Waals surface area contributed by atoms with Crippen molar-refractivity contribution >= 4 is 39.4 Å². The van der Waals surface area contributed by atoms with Gasteiger partial charge in [0.05, 0.1) is 13.2 Å². The van der Waals surface area contributed by atoms with Crippen LogP contribution >= 0.6 is 11.8 Å². The molecule has 5 nitrogen and oxygen atoms in total. The van der Waals surface area contributed by atoms with Crippen LogP contribution in [0, 0.1) is 0 Å². The molecule has 1 atom stereocenters. The van der Waals surface area contributed by atoms with E-state index < -0.39 is 5.37 Å². The molecule has 0 aliphatic carbocycles. The highest BCUT2D eigenvalue weighted by Gasteiger charge is 2.31. The van der Waals surface area contributed by atoms with Gasteiger partial charge in [-0.05, 0) is 58.3 Å². The number of nitrogens with one attached hydrogen (secondary N) is 2. The summed E-state index contributed by atoms with van der Waals surface area (Å²) in [5.74, 6) is -0.306. The van der Waals surface area contributed by atoms with Crippen LogP contribution in [0.1, 0.15) is 11.1 Å². The number of ether oxygens (including phenoxy) is 1. The number of imide groups is 1. The molecule has 1 aliphatic heterocycles. The lowest BCUT2D eigenvalue weighted by molar-refractivity contribution is -0.118. The molecule has 1 fully saturated rings. The summed E-state index contributed by atoms with van der Waals surface area (Å²) in [4.78, 5) is 22.9. The van der Waals surface area contributed by atoms with Crippen LogP contribution in [0.3, 0.4) is 0 Å². The topological polar surface area (TPSA) is 67.4 Å². The van der Waals surface area contributed by atoms with Gasteiger partial charge in [0, 0.05) is 5.69 Å². The van der Waals surface area contributed by atoms with Gasteiger partial charge in [-0.3, -0.25) is 14.9 Å². The molecule has 2 amide bonds. The fourth-order valence-electron chi connectivity index (χ4n) is 3.13. The average molecular weight is 392 g/mol. The number of anilines is 1. The first-order valence-corrected chi connectivity index (χ1v) is 9.98. The van der Waals surface area contributed by atoms with Crippen LogP contribution in [-0.2, 0) is 22.6 Å². The minimum atomic E-state index is -0.577. The Labute approximate surface area is 167 Å². The number of carbonyl (C=O) groups is 2. The van der Waals surface area contributed by atoms with Gasteiger partial charge in [0.2, 0.25) is 0 Å². The van der Waals surface area contributed by atoms with Crippen molar-refractivity contribution in [2.75, 3.05) is 11.9 Å². The van der Waals surface area contributed by atoms with Crippen LogP contribution < -0.4 is 10.6 Å². The van der Waals surface area contributed by atoms with Crippen LogP contribution in [0.4, 0.5) is 10.5 Å². The average Bonchev–Trinajstić information content (AvgIpc) is 3.02. The molecule has 142 valence electrons. The quantitative estimate of drug-likeness (QED) is 0.586. The van der Waals surface area contributed by atoms with Crippen LogP contribution in [0.15, 0.2) is 66.7 Å². The first-order chi connectivity index (χ1) is 13.7. The van der Waals surface area contributed by atoms with E-state index in [1.165, 1.54) is 10.8 Å². The molecule has 4 rings (SSSR count). The van der Waals surface area contributed by atoms with E-state index in [0.717, 1.165) is 35.0 Å². The molecule has 0 spiro atoms. The molecule has 28 heavy (non-hydrogen) atoms. The monoisotopic (exact) mass is 392 g/mol. The summed E-state index contributed by atoms with van der Waals surface area (Å²) in [5.41, 5.74) is 3.08. The number of hydrogen-bond acceptors (Lipinski definition) is 5. The van der Waals surface area contributed by atoms with E-state index >= 15 is 0 Å². The summed E-state index contributed by atoms with van der Waals surface area (Å²) in [5, 5.41) is 6.91. The van der Waals surface area contributed by atoms with E-state index in [4.69, 9.17) is 4.74 Å². The zero-order valence-electron chi connectivity index (χ0n) is 15.2.